The molecule has 0 aromatic heterocycles. The Bertz CT molecular complexity index is 825. The van der Waals surface area contributed by atoms with Gasteiger partial charge in [-0.1, -0.05) is 35.3 Å². The van der Waals surface area contributed by atoms with E-state index in [0.29, 0.717) is 0 Å². The lowest BCUT2D eigenvalue weighted by Gasteiger charge is -2.09. The molecule has 2 rings (SSSR count). The quantitative estimate of drug-likeness (QED) is 0.729. The molecule has 6 nitrogen and oxygen atoms in total. The molecular weight excluding hydrogens is 351 g/mol. The van der Waals surface area contributed by atoms with E-state index in [9.17, 15) is 18.3 Å². The number of amides is 1. The maximum atomic E-state index is 12.0. The highest BCUT2D eigenvalue weighted by Gasteiger charge is 2.18. The van der Waals surface area contributed by atoms with Crippen molar-refractivity contribution in [2.75, 3.05) is 0 Å². The van der Waals surface area contributed by atoms with Gasteiger partial charge in [-0.3, -0.25) is 10.2 Å². The van der Waals surface area contributed by atoms with E-state index in [2.05, 4.69) is 0 Å². The van der Waals surface area contributed by atoms with Crippen molar-refractivity contribution in [2.24, 2.45) is 0 Å². The first kappa shape index (κ1) is 16.6. The molecule has 0 unspecified atom stereocenters. The smallest absolute Gasteiger partial charge is 0.269 e. The highest BCUT2D eigenvalue weighted by atomic mass is 35.5. The molecule has 0 heterocycles. The minimum absolute atomic E-state index is 0.0663. The minimum Gasteiger partial charge on any atom is -0.507 e. The zero-order valence-corrected chi connectivity index (χ0v) is 13.2. The second-order valence-electron chi connectivity index (χ2n) is 4.15. The molecule has 2 aromatic rings. The summed E-state index contributed by atoms with van der Waals surface area (Å²) >= 11 is 11.5. The SMILES string of the molecule is O=C(NNS(=O)(=O)c1ccc(Cl)c(Cl)c1)c1ccccc1O. The van der Waals surface area contributed by atoms with Gasteiger partial charge in [0.2, 0.25) is 0 Å². The molecule has 1 amide bonds. The Morgan fingerprint density at radius 2 is 1.73 bits per heavy atom. The second-order valence-corrected chi connectivity index (χ2v) is 6.65. The molecule has 3 N–H and O–H groups in total. The monoisotopic (exact) mass is 360 g/mol. The highest BCUT2D eigenvalue weighted by molar-refractivity contribution is 7.89. The molecule has 0 fully saturated rings. The topological polar surface area (TPSA) is 95.5 Å². The number of rotatable bonds is 4. The molecule has 0 aliphatic rings. The fourth-order valence-electron chi connectivity index (χ4n) is 1.55. The third kappa shape index (κ3) is 3.69. The molecule has 0 radical (unpaired) electrons. The van der Waals surface area contributed by atoms with E-state index < -0.39 is 15.9 Å². The van der Waals surface area contributed by atoms with Gasteiger partial charge < -0.3 is 5.11 Å². The predicted molar refractivity (Wildman–Crippen MR) is 82.4 cm³/mol. The maximum Gasteiger partial charge on any atom is 0.269 e. The molecule has 0 aliphatic carbocycles. The maximum absolute atomic E-state index is 12.0. The van der Waals surface area contributed by atoms with Gasteiger partial charge in [0.05, 0.1) is 20.5 Å². The summed E-state index contributed by atoms with van der Waals surface area (Å²) in [5.41, 5.74) is 1.93. The number of halogens is 2. The molecule has 0 aliphatic heterocycles. The Kier molecular flexibility index (Phi) is 4.92. The van der Waals surface area contributed by atoms with Crippen molar-refractivity contribution in [1.82, 2.24) is 10.3 Å². The number of para-hydroxylation sites is 1. The third-order valence-corrected chi connectivity index (χ3v) is 4.63. The Morgan fingerprint density at radius 1 is 1.05 bits per heavy atom. The van der Waals surface area contributed by atoms with Gasteiger partial charge in [-0.15, -0.1) is 4.83 Å². The van der Waals surface area contributed by atoms with Gasteiger partial charge in [0.1, 0.15) is 5.75 Å². The van der Waals surface area contributed by atoms with Crippen LogP contribution in [0.15, 0.2) is 47.4 Å². The van der Waals surface area contributed by atoms with Crippen LogP contribution in [-0.2, 0) is 10.0 Å². The summed E-state index contributed by atoms with van der Waals surface area (Å²) in [6, 6.07) is 9.43. The van der Waals surface area contributed by atoms with E-state index in [-0.39, 0.29) is 26.3 Å². The van der Waals surface area contributed by atoms with E-state index in [4.69, 9.17) is 23.2 Å². The van der Waals surface area contributed by atoms with Crippen LogP contribution in [0.5, 0.6) is 5.75 Å². The van der Waals surface area contributed by atoms with Gasteiger partial charge in [-0.25, -0.2) is 8.42 Å². The Hall–Kier alpha value is -1.80. The summed E-state index contributed by atoms with van der Waals surface area (Å²) in [7, 11) is -4.02. The van der Waals surface area contributed by atoms with Crippen molar-refractivity contribution in [2.45, 2.75) is 4.90 Å². The van der Waals surface area contributed by atoms with Crippen LogP contribution in [0, 0.1) is 0 Å². The number of sulfonamides is 1. The van der Waals surface area contributed by atoms with Gasteiger partial charge in [0, 0.05) is 0 Å². The number of hydrogen-bond donors (Lipinski definition) is 3. The van der Waals surface area contributed by atoms with Crippen molar-refractivity contribution in [3.63, 3.8) is 0 Å². The van der Waals surface area contributed by atoms with Crippen molar-refractivity contribution < 1.29 is 18.3 Å². The Morgan fingerprint density at radius 3 is 2.36 bits per heavy atom. The summed E-state index contributed by atoms with van der Waals surface area (Å²) in [4.78, 5) is 13.6. The van der Waals surface area contributed by atoms with Crippen LogP contribution in [0.1, 0.15) is 10.4 Å². The fraction of sp³-hybridized carbons (Fsp3) is 0. The number of nitrogens with one attached hydrogen (secondary N) is 2. The van der Waals surface area contributed by atoms with E-state index in [1.807, 2.05) is 10.3 Å². The molecular formula is C13H10Cl2N2O4S. The summed E-state index contributed by atoms with van der Waals surface area (Å²) in [6.45, 7) is 0. The molecule has 0 saturated carbocycles. The second kappa shape index (κ2) is 6.53. The van der Waals surface area contributed by atoms with Crippen molar-refractivity contribution in [3.8, 4) is 5.75 Å². The molecule has 0 saturated heterocycles. The molecule has 0 atom stereocenters. The number of carbonyl (C=O) groups is 1. The van der Waals surface area contributed by atoms with E-state index in [1.54, 1.807) is 0 Å². The van der Waals surface area contributed by atoms with Gasteiger partial charge in [0.15, 0.2) is 0 Å². The lowest BCUT2D eigenvalue weighted by Crippen LogP contribution is -2.41. The molecule has 22 heavy (non-hydrogen) atoms. The number of hydrazine groups is 1. The molecule has 2 aromatic carbocycles. The first-order chi connectivity index (χ1) is 10.3. The first-order valence-electron chi connectivity index (χ1n) is 5.86. The molecule has 0 spiro atoms. The molecule has 116 valence electrons. The van der Waals surface area contributed by atoms with Gasteiger partial charge in [-0.05, 0) is 30.3 Å². The normalized spacial score (nSPS) is 11.2. The Balaban J connectivity index is 2.14. The van der Waals surface area contributed by atoms with Gasteiger partial charge >= 0.3 is 0 Å². The number of benzene rings is 2. The summed E-state index contributed by atoms with van der Waals surface area (Å²) in [5, 5.41) is 9.80. The van der Waals surface area contributed by atoms with Crippen LogP contribution in [0.3, 0.4) is 0 Å². The van der Waals surface area contributed by atoms with Crippen molar-refractivity contribution >= 4 is 39.1 Å². The van der Waals surface area contributed by atoms with Crippen LogP contribution < -0.4 is 10.3 Å². The standard InChI is InChI=1S/C13H10Cl2N2O4S/c14-10-6-5-8(7-11(10)15)22(20,21)17-16-13(19)9-3-1-2-4-12(9)18/h1-7,17-18H,(H,16,19). The van der Waals surface area contributed by atoms with Crippen LogP contribution in [0.2, 0.25) is 10.0 Å². The van der Waals surface area contributed by atoms with Crippen molar-refractivity contribution in [1.29, 1.82) is 0 Å². The van der Waals surface area contributed by atoms with Gasteiger partial charge in [-0.2, -0.15) is 0 Å². The zero-order valence-electron chi connectivity index (χ0n) is 10.9. The lowest BCUT2D eigenvalue weighted by molar-refractivity contribution is 0.0942. The zero-order chi connectivity index (χ0) is 16.3. The van der Waals surface area contributed by atoms with Gasteiger partial charge in [0.25, 0.3) is 15.9 Å². The lowest BCUT2D eigenvalue weighted by atomic mass is 10.2. The summed E-state index contributed by atoms with van der Waals surface area (Å²) in [6.07, 6.45) is 0. The number of aromatic hydroxyl groups is 1. The predicted octanol–water partition coefficient (Wildman–Crippen LogP) is 2.32. The van der Waals surface area contributed by atoms with E-state index >= 15 is 0 Å². The highest BCUT2D eigenvalue weighted by Crippen LogP contribution is 2.24. The first-order valence-corrected chi connectivity index (χ1v) is 8.10. The summed E-state index contributed by atoms with van der Waals surface area (Å²) in [5.74, 6) is -1.07. The van der Waals surface area contributed by atoms with Crippen molar-refractivity contribution in [3.05, 3.63) is 58.1 Å². The Labute approximate surface area is 136 Å². The number of phenolic OH excluding ortho intramolecular Hbond substituents is 1. The number of hydrogen-bond acceptors (Lipinski definition) is 4. The van der Waals surface area contributed by atoms with Crippen LogP contribution in [-0.4, -0.2) is 19.4 Å². The largest absolute Gasteiger partial charge is 0.507 e. The van der Waals surface area contributed by atoms with Crippen LogP contribution >= 0.6 is 23.2 Å². The molecule has 9 heteroatoms. The third-order valence-electron chi connectivity index (χ3n) is 2.65. The summed E-state index contributed by atoms with van der Waals surface area (Å²) < 4.78 is 24.1. The average Bonchev–Trinajstić information content (AvgIpc) is 2.48. The van der Waals surface area contributed by atoms with Crippen LogP contribution in [0.25, 0.3) is 0 Å². The van der Waals surface area contributed by atoms with E-state index in [0.717, 1.165) is 6.07 Å². The number of carbonyl (C=O) groups excluding carboxylic acids is 1. The average molecular weight is 361 g/mol. The van der Waals surface area contributed by atoms with E-state index in [1.165, 1.54) is 36.4 Å². The minimum atomic E-state index is -4.02. The number of phenols is 1. The van der Waals surface area contributed by atoms with Crippen LogP contribution in [0.4, 0.5) is 0 Å². The fourth-order valence-corrected chi connectivity index (χ4v) is 2.78. The molecule has 0 bridgehead atoms.